The van der Waals surface area contributed by atoms with Gasteiger partial charge in [0.1, 0.15) is 5.82 Å². The summed E-state index contributed by atoms with van der Waals surface area (Å²) in [6.07, 6.45) is 5.60. The van der Waals surface area contributed by atoms with Crippen LogP contribution in [0.25, 0.3) is 0 Å². The first-order valence-corrected chi connectivity index (χ1v) is 7.17. The van der Waals surface area contributed by atoms with Crippen LogP contribution in [0.15, 0.2) is 30.6 Å². The summed E-state index contributed by atoms with van der Waals surface area (Å²) in [5.74, 6) is 2.42. The summed E-state index contributed by atoms with van der Waals surface area (Å²) >= 11 is 0. The Morgan fingerprint density at radius 3 is 2.67 bits per heavy atom. The Labute approximate surface area is 125 Å². The number of benzene rings is 1. The van der Waals surface area contributed by atoms with E-state index in [1.807, 2.05) is 30.6 Å². The van der Waals surface area contributed by atoms with E-state index in [1.165, 1.54) is 0 Å². The minimum atomic E-state index is -0.122. The van der Waals surface area contributed by atoms with Crippen LogP contribution in [-0.2, 0) is 13.0 Å². The van der Waals surface area contributed by atoms with Gasteiger partial charge in [-0.15, -0.1) is 0 Å². The number of nitrogens with zero attached hydrogens (tertiary/aromatic N) is 2. The van der Waals surface area contributed by atoms with Crippen LogP contribution in [0.2, 0.25) is 0 Å². The van der Waals surface area contributed by atoms with E-state index < -0.39 is 0 Å². The molecule has 5 heteroatoms. The molecular weight excluding hydrogens is 266 g/mol. The summed E-state index contributed by atoms with van der Waals surface area (Å²) in [6, 6.07) is 5.66. The van der Waals surface area contributed by atoms with Gasteiger partial charge in [-0.1, -0.05) is 13.0 Å². The lowest BCUT2D eigenvalue weighted by molar-refractivity contribution is 0.354. The van der Waals surface area contributed by atoms with E-state index in [4.69, 9.17) is 15.2 Å². The third-order valence-corrected chi connectivity index (χ3v) is 3.50. The first-order chi connectivity index (χ1) is 10.2. The molecule has 5 nitrogen and oxygen atoms in total. The second-order valence-corrected chi connectivity index (χ2v) is 4.96. The van der Waals surface area contributed by atoms with Gasteiger partial charge in [-0.05, 0) is 24.1 Å². The maximum Gasteiger partial charge on any atom is 0.161 e. The third kappa shape index (κ3) is 3.55. The number of imidazole rings is 1. The molecule has 1 unspecified atom stereocenters. The van der Waals surface area contributed by atoms with Gasteiger partial charge in [0, 0.05) is 31.4 Å². The van der Waals surface area contributed by atoms with E-state index in [9.17, 15) is 0 Å². The highest BCUT2D eigenvalue weighted by Gasteiger charge is 2.13. The highest BCUT2D eigenvalue weighted by molar-refractivity contribution is 5.43. The van der Waals surface area contributed by atoms with Gasteiger partial charge in [0.15, 0.2) is 11.5 Å². The van der Waals surface area contributed by atoms with E-state index in [1.54, 1.807) is 14.2 Å². The molecule has 1 aromatic heterocycles. The molecule has 0 radical (unpaired) electrons. The molecule has 1 aromatic carbocycles. The molecule has 2 rings (SSSR count). The first kappa shape index (κ1) is 15.4. The zero-order valence-electron chi connectivity index (χ0n) is 12.9. The summed E-state index contributed by atoms with van der Waals surface area (Å²) < 4.78 is 12.7. The molecule has 0 aliphatic heterocycles. The van der Waals surface area contributed by atoms with Crippen molar-refractivity contribution in [1.82, 2.24) is 9.55 Å². The summed E-state index contributed by atoms with van der Waals surface area (Å²) in [7, 11) is 3.25. The lowest BCUT2D eigenvalue weighted by atomic mass is 10.0. The maximum atomic E-state index is 6.32. The van der Waals surface area contributed by atoms with E-state index in [2.05, 4.69) is 16.5 Å². The molecule has 114 valence electrons. The number of aromatic nitrogens is 2. The molecule has 0 fully saturated rings. The highest BCUT2D eigenvalue weighted by Crippen LogP contribution is 2.30. The Kier molecular flexibility index (Phi) is 5.22. The first-order valence-electron chi connectivity index (χ1n) is 7.17. The van der Waals surface area contributed by atoms with Crippen LogP contribution in [0.4, 0.5) is 0 Å². The quantitative estimate of drug-likeness (QED) is 0.851. The second-order valence-electron chi connectivity index (χ2n) is 4.96. The number of ether oxygens (including phenoxy) is 2. The van der Waals surface area contributed by atoms with Gasteiger partial charge < -0.3 is 19.8 Å². The fourth-order valence-electron chi connectivity index (χ4n) is 2.37. The minimum absolute atomic E-state index is 0.122. The van der Waals surface area contributed by atoms with Crippen LogP contribution >= 0.6 is 0 Å². The predicted molar refractivity (Wildman–Crippen MR) is 82.7 cm³/mol. The second kappa shape index (κ2) is 7.13. The number of hydrogen-bond acceptors (Lipinski definition) is 4. The van der Waals surface area contributed by atoms with Crippen LogP contribution in [0.5, 0.6) is 11.5 Å². The largest absolute Gasteiger partial charge is 0.493 e. The van der Waals surface area contributed by atoms with E-state index in [0.29, 0.717) is 17.9 Å². The van der Waals surface area contributed by atoms with Gasteiger partial charge in [-0.3, -0.25) is 0 Å². The van der Waals surface area contributed by atoms with Crippen LogP contribution < -0.4 is 15.2 Å². The highest BCUT2D eigenvalue weighted by atomic mass is 16.5. The fourth-order valence-corrected chi connectivity index (χ4v) is 2.37. The average Bonchev–Trinajstić information content (AvgIpc) is 2.94. The molecule has 0 bridgehead atoms. The Balaban J connectivity index is 2.16. The van der Waals surface area contributed by atoms with Crippen molar-refractivity contribution in [2.24, 2.45) is 5.73 Å². The van der Waals surface area contributed by atoms with E-state index in [0.717, 1.165) is 24.4 Å². The Hall–Kier alpha value is -2.01. The average molecular weight is 289 g/mol. The zero-order chi connectivity index (χ0) is 15.2. The van der Waals surface area contributed by atoms with Crippen molar-refractivity contribution >= 4 is 0 Å². The molecule has 0 saturated carbocycles. The Morgan fingerprint density at radius 2 is 2.00 bits per heavy atom. The Bertz CT molecular complexity index is 581. The van der Waals surface area contributed by atoms with Crippen molar-refractivity contribution in [2.75, 3.05) is 14.2 Å². The summed E-state index contributed by atoms with van der Waals surface area (Å²) in [5.41, 5.74) is 7.33. The monoisotopic (exact) mass is 289 g/mol. The Morgan fingerprint density at radius 1 is 1.24 bits per heavy atom. The van der Waals surface area contributed by atoms with Crippen LogP contribution in [0, 0.1) is 0 Å². The molecule has 0 aliphatic carbocycles. The van der Waals surface area contributed by atoms with Crippen molar-refractivity contribution < 1.29 is 9.47 Å². The molecule has 2 N–H and O–H groups in total. The molecule has 2 aromatic rings. The minimum Gasteiger partial charge on any atom is -0.493 e. The molecule has 0 saturated heterocycles. The standard InChI is InChI=1S/C16H23N3O2/c1-4-8-19-9-7-18-16(19)11-13(17)12-5-6-14(20-2)15(10-12)21-3/h5-7,9-10,13H,4,8,11,17H2,1-3H3. The fraction of sp³-hybridized carbons (Fsp3) is 0.438. The van der Waals surface area contributed by atoms with Gasteiger partial charge in [-0.25, -0.2) is 4.98 Å². The van der Waals surface area contributed by atoms with Crippen LogP contribution in [-0.4, -0.2) is 23.8 Å². The SMILES string of the molecule is CCCn1ccnc1CC(N)c1ccc(OC)c(OC)c1. The summed E-state index contributed by atoms with van der Waals surface area (Å²) in [6.45, 7) is 3.12. The van der Waals surface area contributed by atoms with E-state index >= 15 is 0 Å². The third-order valence-electron chi connectivity index (χ3n) is 3.50. The number of hydrogen-bond donors (Lipinski definition) is 1. The van der Waals surface area contributed by atoms with Crippen molar-refractivity contribution in [2.45, 2.75) is 32.4 Å². The zero-order valence-corrected chi connectivity index (χ0v) is 12.9. The molecule has 0 aliphatic rings. The molecule has 21 heavy (non-hydrogen) atoms. The van der Waals surface area contributed by atoms with Crippen molar-refractivity contribution in [1.29, 1.82) is 0 Å². The number of nitrogens with two attached hydrogens (primary N) is 1. The number of aryl methyl sites for hydroxylation is 1. The maximum absolute atomic E-state index is 6.32. The van der Waals surface area contributed by atoms with Gasteiger partial charge in [0.2, 0.25) is 0 Å². The van der Waals surface area contributed by atoms with Crippen LogP contribution in [0.1, 0.15) is 30.8 Å². The molecule has 0 spiro atoms. The van der Waals surface area contributed by atoms with Gasteiger partial charge in [-0.2, -0.15) is 0 Å². The van der Waals surface area contributed by atoms with Gasteiger partial charge >= 0.3 is 0 Å². The molecule has 1 atom stereocenters. The number of methoxy groups -OCH3 is 2. The van der Waals surface area contributed by atoms with Gasteiger partial charge in [0.05, 0.1) is 14.2 Å². The topological polar surface area (TPSA) is 62.3 Å². The predicted octanol–water partition coefficient (Wildman–Crippen LogP) is 2.55. The van der Waals surface area contributed by atoms with Crippen molar-refractivity contribution in [3.8, 4) is 11.5 Å². The summed E-state index contributed by atoms with van der Waals surface area (Å²) in [5, 5.41) is 0. The molecule has 1 heterocycles. The van der Waals surface area contributed by atoms with Crippen molar-refractivity contribution in [3.63, 3.8) is 0 Å². The molecular formula is C16H23N3O2. The molecule has 0 amide bonds. The van der Waals surface area contributed by atoms with Gasteiger partial charge in [0.25, 0.3) is 0 Å². The lowest BCUT2D eigenvalue weighted by Gasteiger charge is -2.15. The smallest absolute Gasteiger partial charge is 0.161 e. The number of rotatable bonds is 7. The normalized spacial score (nSPS) is 12.2. The van der Waals surface area contributed by atoms with Crippen LogP contribution in [0.3, 0.4) is 0 Å². The summed E-state index contributed by atoms with van der Waals surface area (Å²) in [4.78, 5) is 4.40. The van der Waals surface area contributed by atoms with Crippen molar-refractivity contribution in [3.05, 3.63) is 42.0 Å². The lowest BCUT2D eigenvalue weighted by Crippen LogP contribution is -2.16. The van der Waals surface area contributed by atoms with E-state index in [-0.39, 0.29) is 6.04 Å².